The predicted octanol–water partition coefficient (Wildman–Crippen LogP) is 7.26. The maximum atomic E-state index is 4.73. The fraction of sp³-hybridized carbons (Fsp3) is 0.194. The highest BCUT2D eigenvalue weighted by molar-refractivity contribution is 8.00. The average molecular weight is 509 g/mol. The summed E-state index contributed by atoms with van der Waals surface area (Å²) >= 11 is 1.83. The number of aromatic nitrogens is 3. The highest BCUT2D eigenvalue weighted by Gasteiger charge is 2.41. The SMILES string of the molecule is C[C@H]([C]1[CH][CH][CH][C]1P(c1ccccc1)c1ccccc1)n1nnc(-c2ccccc2)c1SC(C)(C)C. The maximum absolute atomic E-state index is 4.73. The molecule has 5 rings (SSSR count). The lowest BCUT2D eigenvalue weighted by atomic mass is 9.99. The Balaban J connectivity index is 1.54. The van der Waals surface area contributed by atoms with Gasteiger partial charge in [0.15, 0.2) is 0 Å². The van der Waals surface area contributed by atoms with E-state index < -0.39 is 7.92 Å². The Bertz CT molecular complexity index is 1210. The van der Waals surface area contributed by atoms with Crippen LogP contribution in [0, 0.1) is 30.8 Å². The van der Waals surface area contributed by atoms with Gasteiger partial charge in [0, 0.05) is 21.9 Å². The van der Waals surface area contributed by atoms with Gasteiger partial charge in [0.05, 0.1) is 6.04 Å². The summed E-state index contributed by atoms with van der Waals surface area (Å²) in [5.41, 5.74) is 3.42. The minimum Gasteiger partial charge on any atom is -0.235 e. The monoisotopic (exact) mass is 508 g/mol. The molecule has 1 aliphatic carbocycles. The van der Waals surface area contributed by atoms with E-state index >= 15 is 0 Å². The molecule has 5 radical (unpaired) electrons. The summed E-state index contributed by atoms with van der Waals surface area (Å²) in [7, 11) is -0.694. The van der Waals surface area contributed by atoms with E-state index in [1.54, 1.807) is 0 Å². The molecule has 1 atom stereocenters. The van der Waals surface area contributed by atoms with Gasteiger partial charge in [0.1, 0.15) is 10.7 Å². The van der Waals surface area contributed by atoms with Gasteiger partial charge in [0.2, 0.25) is 0 Å². The molecular weight excluding hydrogens is 477 g/mol. The maximum Gasteiger partial charge on any atom is 0.126 e. The first-order valence-corrected chi connectivity index (χ1v) is 14.4. The fourth-order valence-electron chi connectivity index (χ4n) is 4.40. The molecule has 5 heteroatoms. The van der Waals surface area contributed by atoms with Crippen molar-refractivity contribution in [1.82, 2.24) is 15.0 Å². The second-order valence-corrected chi connectivity index (χ2v) is 13.8. The number of benzene rings is 3. The Morgan fingerprint density at radius 1 is 0.778 bits per heavy atom. The smallest absolute Gasteiger partial charge is 0.126 e. The van der Waals surface area contributed by atoms with Gasteiger partial charge in [-0.1, -0.05) is 129 Å². The van der Waals surface area contributed by atoms with Crippen molar-refractivity contribution in [2.45, 2.75) is 43.5 Å². The number of thioether (sulfide) groups is 1. The molecule has 0 saturated heterocycles. The van der Waals surface area contributed by atoms with E-state index in [4.69, 9.17) is 5.21 Å². The highest BCUT2D eigenvalue weighted by Crippen LogP contribution is 2.59. The summed E-state index contributed by atoms with van der Waals surface area (Å²) in [4.78, 5) is 0. The van der Waals surface area contributed by atoms with Crippen LogP contribution in [-0.4, -0.2) is 19.7 Å². The Kier molecular flexibility index (Phi) is 7.65. The molecule has 1 aromatic heterocycles. The van der Waals surface area contributed by atoms with Gasteiger partial charge in [0.25, 0.3) is 0 Å². The van der Waals surface area contributed by atoms with Crippen LogP contribution < -0.4 is 10.6 Å². The number of nitrogens with zero attached hydrogens (tertiary/aromatic N) is 3. The molecule has 0 spiro atoms. The van der Waals surface area contributed by atoms with E-state index in [9.17, 15) is 0 Å². The third kappa shape index (κ3) is 5.45. The summed E-state index contributed by atoms with van der Waals surface area (Å²) in [6.45, 7) is 8.98. The molecule has 0 aliphatic heterocycles. The Labute approximate surface area is 221 Å². The van der Waals surface area contributed by atoms with Gasteiger partial charge in [-0.2, -0.15) is 0 Å². The first kappa shape index (κ1) is 25.2. The second kappa shape index (κ2) is 10.9. The minimum atomic E-state index is -0.694. The second-order valence-electron chi connectivity index (χ2n) is 9.82. The van der Waals surface area contributed by atoms with Gasteiger partial charge in [-0.15, -0.1) is 5.10 Å². The summed E-state index contributed by atoms with van der Waals surface area (Å²) in [6.07, 6.45) is 6.74. The van der Waals surface area contributed by atoms with Crippen molar-refractivity contribution in [2.75, 3.05) is 0 Å². The molecule has 1 aliphatic rings. The van der Waals surface area contributed by atoms with Crippen LogP contribution in [0.4, 0.5) is 0 Å². The lowest BCUT2D eigenvalue weighted by Gasteiger charge is -2.33. The van der Waals surface area contributed by atoms with Crippen molar-refractivity contribution < 1.29 is 0 Å². The molecule has 3 aromatic carbocycles. The Morgan fingerprint density at radius 2 is 1.33 bits per heavy atom. The summed E-state index contributed by atoms with van der Waals surface area (Å²) in [5.74, 6) is 1.30. The zero-order valence-corrected chi connectivity index (χ0v) is 22.9. The Morgan fingerprint density at radius 3 is 1.89 bits per heavy atom. The van der Waals surface area contributed by atoms with E-state index in [0.717, 1.165) is 16.3 Å². The van der Waals surface area contributed by atoms with Gasteiger partial charge < -0.3 is 0 Å². The first-order chi connectivity index (χ1) is 17.4. The topological polar surface area (TPSA) is 30.7 Å². The van der Waals surface area contributed by atoms with E-state index in [1.165, 1.54) is 22.2 Å². The van der Waals surface area contributed by atoms with Gasteiger partial charge in [-0.3, -0.25) is 0 Å². The standard InChI is InChI=1S/C31H31N3PS/c1-23(34-30(36-31(2,3)4)29(32-33-34)24-15-8-5-9-16-24)27-21-14-22-28(27)35(25-17-10-6-11-18-25)26-19-12-7-13-20-26/h5-23H,1-4H3/t23-/m1/s1. The van der Waals surface area contributed by atoms with Crippen molar-refractivity contribution in [2.24, 2.45) is 0 Å². The van der Waals surface area contributed by atoms with Gasteiger partial charge >= 0.3 is 0 Å². The molecule has 1 fully saturated rings. The summed E-state index contributed by atoms with van der Waals surface area (Å²) in [5, 5.41) is 13.2. The van der Waals surface area contributed by atoms with Crippen LogP contribution in [0.2, 0.25) is 0 Å². The average Bonchev–Trinajstić information content (AvgIpc) is 3.52. The third-order valence-electron chi connectivity index (χ3n) is 6.01. The minimum absolute atomic E-state index is 0.0261. The van der Waals surface area contributed by atoms with Crippen LogP contribution in [0.15, 0.2) is 96.0 Å². The molecule has 36 heavy (non-hydrogen) atoms. The fourth-order valence-corrected chi connectivity index (χ4v) is 8.07. The third-order valence-corrected chi connectivity index (χ3v) is 9.72. The molecule has 0 amide bonds. The summed E-state index contributed by atoms with van der Waals surface area (Å²) in [6, 6.07) is 32.2. The van der Waals surface area contributed by atoms with Crippen molar-refractivity contribution >= 4 is 30.3 Å². The Hall–Kier alpha value is -2.42. The van der Waals surface area contributed by atoms with Crippen LogP contribution in [0.1, 0.15) is 33.7 Å². The van der Waals surface area contributed by atoms with E-state index in [0.29, 0.717) is 0 Å². The van der Waals surface area contributed by atoms with Crippen LogP contribution in [0.25, 0.3) is 11.3 Å². The molecule has 4 aromatic rings. The van der Waals surface area contributed by atoms with Crippen molar-refractivity contribution in [1.29, 1.82) is 0 Å². The van der Waals surface area contributed by atoms with Gasteiger partial charge in [-0.05, 0) is 44.7 Å². The van der Waals surface area contributed by atoms with Gasteiger partial charge in [-0.25, -0.2) is 4.68 Å². The molecule has 181 valence electrons. The lowest BCUT2D eigenvalue weighted by Crippen LogP contribution is -2.25. The van der Waals surface area contributed by atoms with Crippen LogP contribution in [0.5, 0.6) is 0 Å². The molecule has 0 unspecified atom stereocenters. The summed E-state index contributed by atoms with van der Waals surface area (Å²) < 4.78 is 2.15. The molecular formula is C31H31N3PS. The lowest BCUT2D eigenvalue weighted by molar-refractivity contribution is 0.472. The highest BCUT2D eigenvalue weighted by atomic mass is 32.2. The number of rotatable bonds is 7. The van der Waals surface area contributed by atoms with E-state index in [-0.39, 0.29) is 10.8 Å². The number of hydrogen-bond donors (Lipinski definition) is 0. The van der Waals surface area contributed by atoms with Crippen molar-refractivity contribution in [3.63, 3.8) is 0 Å². The molecule has 3 nitrogen and oxygen atoms in total. The van der Waals surface area contributed by atoms with Crippen LogP contribution in [0.3, 0.4) is 0 Å². The quantitative estimate of drug-likeness (QED) is 0.194. The van der Waals surface area contributed by atoms with Crippen molar-refractivity contribution in [3.05, 3.63) is 122 Å². The molecule has 0 N–H and O–H groups in total. The van der Waals surface area contributed by atoms with Crippen LogP contribution >= 0.6 is 19.7 Å². The molecule has 1 saturated carbocycles. The predicted molar refractivity (Wildman–Crippen MR) is 154 cm³/mol. The first-order valence-electron chi connectivity index (χ1n) is 12.3. The number of hydrogen-bond acceptors (Lipinski definition) is 3. The molecule has 0 bridgehead atoms. The van der Waals surface area contributed by atoms with Crippen molar-refractivity contribution in [3.8, 4) is 11.3 Å². The zero-order valence-electron chi connectivity index (χ0n) is 21.2. The normalized spacial score (nSPS) is 16.0. The largest absolute Gasteiger partial charge is 0.235 e. The zero-order chi connectivity index (χ0) is 25.1. The van der Waals surface area contributed by atoms with E-state index in [1.807, 2.05) is 17.8 Å². The van der Waals surface area contributed by atoms with Crippen LogP contribution in [-0.2, 0) is 0 Å². The van der Waals surface area contributed by atoms with E-state index in [2.05, 4.69) is 142 Å². The molecule has 1 heterocycles.